The van der Waals surface area contributed by atoms with Crippen molar-refractivity contribution in [1.82, 2.24) is 5.32 Å². The molecule has 0 spiro atoms. The van der Waals surface area contributed by atoms with E-state index in [1.54, 1.807) is 0 Å². The molecule has 1 unspecified atom stereocenters. The molecule has 2 rings (SSSR count). The van der Waals surface area contributed by atoms with Crippen molar-refractivity contribution >= 4 is 11.3 Å². The molecule has 2 heteroatoms. The van der Waals surface area contributed by atoms with Crippen LogP contribution in [0.3, 0.4) is 0 Å². The lowest BCUT2D eigenvalue weighted by Crippen LogP contribution is -2.22. The molecule has 0 aliphatic carbocycles. The van der Waals surface area contributed by atoms with Gasteiger partial charge in [-0.2, -0.15) is 0 Å². The first-order valence-electron chi connectivity index (χ1n) is 6.12. The number of nitrogens with one attached hydrogen (secondary N) is 1. The fraction of sp³-hybridized carbons (Fsp3) is 0.333. The molecule has 1 heterocycles. The summed E-state index contributed by atoms with van der Waals surface area (Å²) in [6.07, 6.45) is 1.06. The number of hydrogen-bond donors (Lipinski definition) is 1. The van der Waals surface area contributed by atoms with Crippen molar-refractivity contribution in [3.8, 4) is 0 Å². The van der Waals surface area contributed by atoms with E-state index >= 15 is 0 Å². The highest BCUT2D eigenvalue weighted by molar-refractivity contribution is 7.10. The lowest BCUT2D eigenvalue weighted by atomic mass is 10.0. The van der Waals surface area contributed by atoms with Crippen LogP contribution in [0.1, 0.15) is 29.0 Å². The van der Waals surface area contributed by atoms with Gasteiger partial charge in [0.15, 0.2) is 0 Å². The average molecular weight is 245 g/mol. The highest BCUT2D eigenvalue weighted by Crippen LogP contribution is 2.23. The van der Waals surface area contributed by atoms with Crippen LogP contribution in [-0.4, -0.2) is 6.54 Å². The molecule has 1 nitrogen and oxygen atoms in total. The van der Waals surface area contributed by atoms with Crippen molar-refractivity contribution in [2.24, 2.45) is 0 Å². The first kappa shape index (κ1) is 12.3. The topological polar surface area (TPSA) is 12.0 Å². The number of benzene rings is 1. The van der Waals surface area contributed by atoms with E-state index in [0.717, 1.165) is 13.0 Å². The van der Waals surface area contributed by atoms with Gasteiger partial charge in [0, 0.05) is 10.9 Å². The molecule has 0 aliphatic rings. The largest absolute Gasteiger partial charge is 0.310 e. The average Bonchev–Trinajstić information content (AvgIpc) is 2.77. The highest BCUT2D eigenvalue weighted by atomic mass is 32.1. The molecule has 0 saturated heterocycles. The minimum atomic E-state index is 0.437. The predicted molar refractivity (Wildman–Crippen MR) is 75.6 cm³/mol. The molecule has 0 bridgehead atoms. The zero-order chi connectivity index (χ0) is 12.1. The number of hydrogen-bond acceptors (Lipinski definition) is 2. The van der Waals surface area contributed by atoms with Crippen LogP contribution in [0, 0.1) is 6.92 Å². The van der Waals surface area contributed by atoms with Crippen molar-refractivity contribution in [1.29, 1.82) is 0 Å². The molecule has 17 heavy (non-hydrogen) atoms. The van der Waals surface area contributed by atoms with Crippen molar-refractivity contribution < 1.29 is 0 Å². The van der Waals surface area contributed by atoms with Gasteiger partial charge in [0.05, 0.1) is 0 Å². The Morgan fingerprint density at radius 3 is 2.59 bits per heavy atom. The fourth-order valence-corrected chi connectivity index (χ4v) is 2.81. The van der Waals surface area contributed by atoms with Crippen LogP contribution >= 0.6 is 11.3 Å². The highest BCUT2D eigenvalue weighted by Gasteiger charge is 2.12. The molecule has 1 N–H and O–H groups in total. The normalized spacial score (nSPS) is 12.6. The minimum absolute atomic E-state index is 0.437. The SMILES string of the molecule is CCNC(Cc1ccccc1)c1csc(C)c1. The summed E-state index contributed by atoms with van der Waals surface area (Å²) >= 11 is 1.83. The summed E-state index contributed by atoms with van der Waals surface area (Å²) in [5, 5.41) is 5.84. The third kappa shape index (κ3) is 3.42. The van der Waals surface area contributed by atoms with Gasteiger partial charge in [0.1, 0.15) is 0 Å². The zero-order valence-electron chi connectivity index (χ0n) is 10.4. The lowest BCUT2D eigenvalue weighted by Gasteiger charge is -2.16. The molecule has 0 saturated carbocycles. The smallest absolute Gasteiger partial charge is 0.0369 e. The molecular formula is C15H19NS. The zero-order valence-corrected chi connectivity index (χ0v) is 11.3. The van der Waals surface area contributed by atoms with Gasteiger partial charge in [-0.3, -0.25) is 0 Å². The van der Waals surface area contributed by atoms with E-state index in [9.17, 15) is 0 Å². The maximum atomic E-state index is 3.57. The summed E-state index contributed by atoms with van der Waals surface area (Å²) in [6.45, 7) is 5.34. The Labute approximate surface area is 108 Å². The monoisotopic (exact) mass is 245 g/mol. The Balaban J connectivity index is 2.13. The second-order valence-electron chi connectivity index (χ2n) is 4.29. The Hall–Kier alpha value is -1.12. The molecular weight excluding hydrogens is 226 g/mol. The molecule has 1 aromatic carbocycles. The first-order valence-corrected chi connectivity index (χ1v) is 7.00. The molecule has 2 aromatic rings. The fourth-order valence-electron chi connectivity index (χ4n) is 2.05. The molecule has 0 radical (unpaired) electrons. The summed E-state index contributed by atoms with van der Waals surface area (Å²) in [5.74, 6) is 0. The van der Waals surface area contributed by atoms with E-state index in [1.165, 1.54) is 16.0 Å². The molecule has 0 fully saturated rings. The van der Waals surface area contributed by atoms with Gasteiger partial charge in [-0.25, -0.2) is 0 Å². The number of aryl methyl sites for hydroxylation is 1. The quantitative estimate of drug-likeness (QED) is 0.841. The van der Waals surface area contributed by atoms with Crippen LogP contribution in [0.25, 0.3) is 0 Å². The van der Waals surface area contributed by atoms with Crippen molar-refractivity contribution in [3.63, 3.8) is 0 Å². The van der Waals surface area contributed by atoms with Gasteiger partial charge in [-0.05, 0) is 42.5 Å². The second-order valence-corrected chi connectivity index (χ2v) is 5.41. The second kappa shape index (κ2) is 5.99. The lowest BCUT2D eigenvalue weighted by molar-refractivity contribution is 0.551. The van der Waals surface area contributed by atoms with Crippen LogP contribution < -0.4 is 5.32 Å². The number of rotatable bonds is 5. The maximum absolute atomic E-state index is 3.57. The molecule has 0 aliphatic heterocycles. The summed E-state index contributed by atoms with van der Waals surface area (Å²) in [6, 6.07) is 13.4. The minimum Gasteiger partial charge on any atom is -0.310 e. The van der Waals surface area contributed by atoms with Gasteiger partial charge in [-0.1, -0.05) is 37.3 Å². The summed E-state index contributed by atoms with van der Waals surface area (Å²) in [5.41, 5.74) is 2.81. The van der Waals surface area contributed by atoms with E-state index in [4.69, 9.17) is 0 Å². The van der Waals surface area contributed by atoms with Gasteiger partial charge in [-0.15, -0.1) is 11.3 Å². The molecule has 90 valence electrons. The predicted octanol–water partition coefficient (Wildman–Crippen LogP) is 3.95. The van der Waals surface area contributed by atoms with Crippen LogP contribution in [0.15, 0.2) is 41.8 Å². The van der Waals surface area contributed by atoms with Gasteiger partial charge in [0.25, 0.3) is 0 Å². The summed E-state index contributed by atoms with van der Waals surface area (Å²) in [4.78, 5) is 1.39. The molecule has 1 aromatic heterocycles. The van der Waals surface area contributed by atoms with Crippen LogP contribution in [0.4, 0.5) is 0 Å². The van der Waals surface area contributed by atoms with Crippen LogP contribution in [-0.2, 0) is 6.42 Å². The van der Waals surface area contributed by atoms with Crippen molar-refractivity contribution in [3.05, 3.63) is 57.8 Å². The van der Waals surface area contributed by atoms with Gasteiger partial charge >= 0.3 is 0 Å². The number of likely N-dealkylation sites (N-methyl/N-ethyl adjacent to an activating group) is 1. The third-order valence-electron chi connectivity index (χ3n) is 2.89. The molecule has 1 atom stereocenters. The van der Waals surface area contributed by atoms with Crippen LogP contribution in [0.5, 0.6) is 0 Å². The first-order chi connectivity index (χ1) is 8.29. The Kier molecular flexibility index (Phi) is 4.35. The third-order valence-corrected chi connectivity index (χ3v) is 3.77. The van der Waals surface area contributed by atoms with E-state index in [2.05, 4.69) is 60.9 Å². The van der Waals surface area contributed by atoms with Crippen molar-refractivity contribution in [2.45, 2.75) is 26.3 Å². The molecule has 0 amide bonds. The Bertz CT molecular complexity index is 447. The Morgan fingerprint density at radius 1 is 1.24 bits per heavy atom. The van der Waals surface area contributed by atoms with Crippen molar-refractivity contribution in [2.75, 3.05) is 6.54 Å². The van der Waals surface area contributed by atoms with E-state index in [-0.39, 0.29) is 0 Å². The Morgan fingerprint density at radius 2 is 2.00 bits per heavy atom. The van der Waals surface area contributed by atoms with E-state index < -0.39 is 0 Å². The van der Waals surface area contributed by atoms with Gasteiger partial charge in [0.2, 0.25) is 0 Å². The van der Waals surface area contributed by atoms with E-state index in [0.29, 0.717) is 6.04 Å². The standard InChI is InChI=1S/C15H19NS/c1-3-16-15(14-9-12(2)17-11-14)10-13-7-5-4-6-8-13/h4-9,11,15-16H,3,10H2,1-2H3. The van der Waals surface area contributed by atoms with Gasteiger partial charge < -0.3 is 5.32 Å². The van der Waals surface area contributed by atoms with E-state index in [1.807, 2.05) is 11.3 Å². The summed E-state index contributed by atoms with van der Waals surface area (Å²) < 4.78 is 0. The maximum Gasteiger partial charge on any atom is 0.0369 e. The summed E-state index contributed by atoms with van der Waals surface area (Å²) in [7, 11) is 0. The number of thiophene rings is 1. The van der Waals surface area contributed by atoms with Crippen LogP contribution in [0.2, 0.25) is 0 Å².